The molecule has 0 fully saturated rings. The van der Waals surface area contributed by atoms with E-state index in [1.165, 1.54) is 17.4 Å². The molecular weight excluding hydrogens is 401 g/mol. The van der Waals surface area contributed by atoms with Crippen molar-refractivity contribution in [1.29, 1.82) is 0 Å². The Morgan fingerprint density at radius 3 is 3.00 bits per heavy atom. The molecule has 1 N–H and O–H groups in total. The third-order valence-corrected chi connectivity index (χ3v) is 5.20. The molecule has 10 heteroatoms. The lowest BCUT2D eigenvalue weighted by Gasteiger charge is -2.19. The second-order valence-corrected chi connectivity index (χ2v) is 7.28. The van der Waals surface area contributed by atoms with Crippen molar-refractivity contribution in [2.24, 2.45) is 5.10 Å². The Morgan fingerprint density at radius 2 is 2.25 bits per heavy atom. The van der Waals surface area contributed by atoms with Crippen molar-refractivity contribution in [3.05, 3.63) is 64.1 Å². The van der Waals surface area contributed by atoms with Gasteiger partial charge < -0.3 is 5.32 Å². The van der Waals surface area contributed by atoms with E-state index in [0.717, 1.165) is 5.01 Å². The lowest BCUT2D eigenvalue weighted by Crippen LogP contribution is -2.14. The predicted molar refractivity (Wildman–Crippen MR) is 111 cm³/mol. The van der Waals surface area contributed by atoms with Crippen molar-refractivity contribution in [2.75, 3.05) is 5.32 Å². The van der Waals surface area contributed by atoms with Gasteiger partial charge in [-0.25, -0.2) is 4.39 Å². The van der Waals surface area contributed by atoms with Gasteiger partial charge in [-0.1, -0.05) is 41.1 Å². The smallest absolute Gasteiger partial charge is 0.211 e. The number of hydrazone groups is 1. The molecule has 0 bridgehead atoms. The van der Waals surface area contributed by atoms with Gasteiger partial charge in [-0.15, -0.1) is 10.2 Å². The Labute approximate surface area is 171 Å². The second-order valence-electron chi connectivity index (χ2n) is 5.86. The van der Waals surface area contributed by atoms with Crippen LogP contribution in [0.25, 0.3) is 0 Å². The molecule has 0 spiro atoms. The van der Waals surface area contributed by atoms with Crippen molar-refractivity contribution in [1.82, 2.24) is 25.0 Å². The van der Waals surface area contributed by atoms with Gasteiger partial charge in [-0.2, -0.15) is 10.2 Å². The lowest BCUT2D eigenvalue weighted by atomic mass is 10.2. The van der Waals surface area contributed by atoms with Gasteiger partial charge in [0.2, 0.25) is 5.13 Å². The van der Waals surface area contributed by atoms with E-state index in [0.29, 0.717) is 16.5 Å². The largest absolute Gasteiger partial charge is 0.313 e. The molecule has 1 atom stereocenters. The van der Waals surface area contributed by atoms with Crippen LogP contribution in [0.5, 0.6) is 0 Å². The van der Waals surface area contributed by atoms with Gasteiger partial charge in [0.1, 0.15) is 16.9 Å². The molecule has 0 saturated heterocycles. The summed E-state index contributed by atoms with van der Waals surface area (Å²) in [6.07, 6.45) is 5.45. The third kappa shape index (κ3) is 4.55. The van der Waals surface area contributed by atoms with E-state index in [1.807, 2.05) is 26.1 Å². The zero-order valence-corrected chi connectivity index (χ0v) is 17.0. The monoisotopic (exact) mass is 419 g/mol. The van der Waals surface area contributed by atoms with Crippen LogP contribution in [0.1, 0.15) is 30.5 Å². The molecule has 3 aromatic rings. The van der Waals surface area contributed by atoms with Gasteiger partial charge in [-0.05, 0) is 19.9 Å². The summed E-state index contributed by atoms with van der Waals surface area (Å²) in [4.78, 5) is 0. The highest BCUT2D eigenvalue weighted by molar-refractivity contribution is 7.15. The lowest BCUT2D eigenvalue weighted by molar-refractivity contribution is 0.314. The average Bonchev–Trinajstić information content (AvgIpc) is 3.33. The standard InChI is InChI=1S/C18H19ClFN7S/c1-4-9-27(21-3)12(2)17-23-24-18(28-17)22-15-8-10-26(25-15)11-13-6-5-7-14(19)16(13)20/h4-10,12H,3,11H2,1-2H3,(H,22,24,25)/b9-4-. The predicted octanol–water partition coefficient (Wildman–Crippen LogP) is 4.83. The first-order chi connectivity index (χ1) is 13.5. The van der Waals surface area contributed by atoms with Crippen molar-refractivity contribution in [2.45, 2.75) is 26.4 Å². The minimum Gasteiger partial charge on any atom is -0.313 e. The summed E-state index contributed by atoms with van der Waals surface area (Å²) in [6.45, 7) is 7.71. The Balaban J connectivity index is 1.68. The van der Waals surface area contributed by atoms with Crippen LogP contribution < -0.4 is 5.32 Å². The van der Waals surface area contributed by atoms with E-state index in [-0.39, 0.29) is 17.6 Å². The summed E-state index contributed by atoms with van der Waals surface area (Å²) in [7, 11) is 0. The molecule has 0 saturated carbocycles. The maximum absolute atomic E-state index is 14.0. The van der Waals surface area contributed by atoms with Crippen LogP contribution in [0.3, 0.4) is 0 Å². The molecule has 146 valence electrons. The summed E-state index contributed by atoms with van der Waals surface area (Å²) >= 11 is 7.22. The highest BCUT2D eigenvalue weighted by Crippen LogP contribution is 2.28. The number of nitrogens with zero attached hydrogens (tertiary/aromatic N) is 6. The highest BCUT2D eigenvalue weighted by atomic mass is 35.5. The number of rotatable bonds is 8. The van der Waals surface area contributed by atoms with Gasteiger partial charge in [-0.3, -0.25) is 9.69 Å². The van der Waals surface area contributed by atoms with E-state index in [2.05, 4.69) is 32.4 Å². The first-order valence-corrected chi connectivity index (χ1v) is 9.65. The number of aromatic nitrogens is 4. The SMILES string of the molecule is C=NN(/C=C\C)C(C)c1nnc(Nc2ccn(Cc3cccc(Cl)c3F)n2)s1. The fraction of sp³-hybridized carbons (Fsp3) is 0.222. The molecule has 1 aromatic carbocycles. The third-order valence-electron chi connectivity index (χ3n) is 3.90. The van der Waals surface area contributed by atoms with Gasteiger partial charge in [0.15, 0.2) is 5.82 Å². The second kappa shape index (κ2) is 8.94. The average molecular weight is 420 g/mol. The van der Waals surface area contributed by atoms with Crippen LogP contribution >= 0.6 is 22.9 Å². The fourth-order valence-corrected chi connectivity index (χ4v) is 3.48. The summed E-state index contributed by atoms with van der Waals surface area (Å²) in [5.74, 6) is 0.156. The van der Waals surface area contributed by atoms with Crippen LogP contribution in [-0.4, -0.2) is 31.7 Å². The number of allylic oxidation sites excluding steroid dienone is 1. The van der Waals surface area contributed by atoms with Crippen LogP contribution in [0.4, 0.5) is 15.3 Å². The number of hydrogen-bond donors (Lipinski definition) is 1. The normalized spacial score (nSPS) is 12.3. The van der Waals surface area contributed by atoms with Crippen molar-refractivity contribution >= 4 is 40.6 Å². The Morgan fingerprint density at radius 1 is 1.43 bits per heavy atom. The Bertz CT molecular complexity index is 984. The molecule has 2 aromatic heterocycles. The quantitative estimate of drug-likeness (QED) is 0.418. The van der Waals surface area contributed by atoms with Crippen molar-refractivity contribution < 1.29 is 4.39 Å². The van der Waals surface area contributed by atoms with E-state index >= 15 is 0 Å². The molecule has 3 rings (SSSR count). The topological polar surface area (TPSA) is 71.2 Å². The number of benzene rings is 1. The molecule has 2 heterocycles. The molecule has 0 amide bonds. The number of hydrogen-bond acceptors (Lipinski definition) is 7. The van der Waals surface area contributed by atoms with Gasteiger partial charge >= 0.3 is 0 Å². The number of nitrogens with one attached hydrogen (secondary N) is 1. The molecule has 7 nitrogen and oxygen atoms in total. The highest BCUT2D eigenvalue weighted by Gasteiger charge is 2.17. The first-order valence-electron chi connectivity index (χ1n) is 8.46. The summed E-state index contributed by atoms with van der Waals surface area (Å²) < 4.78 is 15.7. The van der Waals surface area contributed by atoms with E-state index < -0.39 is 5.82 Å². The molecule has 28 heavy (non-hydrogen) atoms. The maximum atomic E-state index is 14.0. The van der Waals surface area contributed by atoms with Gasteiger partial charge in [0, 0.05) is 30.7 Å². The summed E-state index contributed by atoms with van der Waals surface area (Å²) in [5.41, 5.74) is 0.468. The summed E-state index contributed by atoms with van der Waals surface area (Å²) in [5, 5.41) is 23.0. The number of anilines is 2. The maximum Gasteiger partial charge on any atom is 0.211 e. The minimum absolute atomic E-state index is 0.0925. The first kappa shape index (κ1) is 20.0. The van der Waals surface area contributed by atoms with E-state index in [4.69, 9.17) is 11.6 Å². The molecule has 0 radical (unpaired) electrons. The molecule has 0 aliphatic carbocycles. The Hall–Kier alpha value is -2.78. The van der Waals surface area contributed by atoms with Gasteiger partial charge in [0.25, 0.3) is 0 Å². The fourth-order valence-electron chi connectivity index (χ4n) is 2.49. The van der Waals surface area contributed by atoms with Crippen LogP contribution in [0, 0.1) is 5.82 Å². The number of halogens is 2. The molecular formula is C18H19ClFN7S. The molecule has 0 aliphatic rings. The Kier molecular flexibility index (Phi) is 6.37. The van der Waals surface area contributed by atoms with Crippen molar-refractivity contribution in [3.8, 4) is 0 Å². The van der Waals surface area contributed by atoms with Crippen LogP contribution in [0.15, 0.2) is 47.8 Å². The van der Waals surface area contributed by atoms with Crippen LogP contribution in [0.2, 0.25) is 5.02 Å². The zero-order chi connectivity index (χ0) is 20.1. The molecule has 0 aliphatic heterocycles. The van der Waals surface area contributed by atoms with E-state index in [9.17, 15) is 4.39 Å². The van der Waals surface area contributed by atoms with Crippen molar-refractivity contribution in [3.63, 3.8) is 0 Å². The minimum atomic E-state index is -0.432. The van der Waals surface area contributed by atoms with Gasteiger partial charge in [0.05, 0.1) is 11.6 Å². The zero-order valence-electron chi connectivity index (χ0n) is 15.4. The van der Waals surface area contributed by atoms with E-state index in [1.54, 1.807) is 34.1 Å². The van der Waals surface area contributed by atoms with Crippen LogP contribution in [-0.2, 0) is 6.54 Å². The summed E-state index contributed by atoms with van der Waals surface area (Å²) in [6, 6.07) is 6.60. The molecule has 1 unspecified atom stereocenters.